The highest BCUT2D eigenvalue weighted by atomic mass is 32.1. The van der Waals surface area contributed by atoms with Crippen molar-refractivity contribution in [3.05, 3.63) is 108 Å². The Labute approximate surface area is 729 Å². The van der Waals surface area contributed by atoms with Gasteiger partial charge in [-0.15, -0.1) is 25.7 Å². The summed E-state index contributed by atoms with van der Waals surface area (Å²) in [6.45, 7) is -12.3. The minimum absolute atomic E-state index is 0.301. The molecule has 4 saturated heterocycles. The van der Waals surface area contributed by atoms with Gasteiger partial charge in [-0.2, -0.15) is 34.5 Å². The molecule has 128 heavy (non-hydrogen) atoms. The fourth-order valence-corrected chi connectivity index (χ4v) is 21.5. The number of aromatic nitrogens is 8. The van der Waals surface area contributed by atoms with Gasteiger partial charge in [-0.3, -0.25) is 75.5 Å². The van der Waals surface area contributed by atoms with Crippen LogP contribution in [0.4, 0.5) is 17.6 Å². The van der Waals surface area contributed by atoms with E-state index in [0.29, 0.717) is 19.9 Å². The van der Waals surface area contributed by atoms with Crippen molar-refractivity contribution in [2.45, 2.75) is 97.1 Å². The Kier molecular flexibility index (Phi) is 34.1. The van der Waals surface area contributed by atoms with E-state index in [1.54, 1.807) is 0 Å². The predicted octanol–water partition coefficient (Wildman–Crippen LogP) is -3.41. The number of ether oxygens (including phenoxy) is 4. The van der Waals surface area contributed by atoms with E-state index >= 15 is 17.6 Å². The van der Waals surface area contributed by atoms with Crippen molar-refractivity contribution >= 4 is 143 Å². The minimum atomic E-state index is -6.34. The van der Waals surface area contributed by atoms with Crippen LogP contribution in [0.2, 0.25) is 0 Å². The van der Waals surface area contributed by atoms with Gasteiger partial charge in [-0.05, 0) is 48.9 Å². The van der Waals surface area contributed by atoms with Gasteiger partial charge in [0.15, 0.2) is 43.9 Å². The zero-order valence-electron chi connectivity index (χ0n) is 65.9. The van der Waals surface area contributed by atoms with Crippen molar-refractivity contribution in [2.24, 2.45) is 0 Å². The molecule has 8 heterocycles. The molecule has 0 radical (unpaired) electrons. The summed E-state index contributed by atoms with van der Waals surface area (Å²) in [7, 11) is -71.2. The molecular weight excluding hydrogens is 2110 g/mol. The molecule has 8 rings (SSSR count). The lowest BCUT2D eigenvalue weighted by atomic mass is 10.1. The van der Waals surface area contributed by atoms with Gasteiger partial charge < -0.3 is 138 Å². The molecule has 0 bridgehead atoms. The van der Waals surface area contributed by atoms with Crippen molar-refractivity contribution in [3.63, 3.8) is 0 Å². The molecule has 28 N–H and O–H groups in total. The number of aliphatic hydroxyl groups is 8. The molecule has 4 aliphatic heterocycles. The number of hydrogen-bond donors (Lipinski definition) is 28. The van der Waals surface area contributed by atoms with Crippen molar-refractivity contribution in [2.75, 3.05) is 26.3 Å². The lowest BCUT2D eigenvalue weighted by Crippen LogP contribution is -2.42. The van der Waals surface area contributed by atoms with Crippen LogP contribution in [0.15, 0.2) is 44.0 Å². The Morgan fingerprint density at radius 2 is 0.555 bits per heavy atom. The number of phosphoric acid groups is 12. The molecular formula is C44H56F4N8O56P12S4. The largest absolute Gasteiger partial charge is 0.490 e. The number of aromatic amines is 4. The van der Waals surface area contributed by atoms with E-state index < -0.39 is 275 Å². The first-order chi connectivity index (χ1) is 59.8. The summed E-state index contributed by atoms with van der Waals surface area (Å²) in [5.74, 6) is -8.16. The fourth-order valence-electron chi connectivity index (χ4n) is 8.75. The normalized spacial score (nSPS) is 31.8. The van der Waals surface area contributed by atoms with Gasteiger partial charge in [0.25, 0.3) is 45.7 Å². The molecule has 720 valence electrons. The third kappa shape index (κ3) is 31.8. The van der Waals surface area contributed by atoms with E-state index in [4.69, 9.17) is 146 Å². The topological polar surface area (TPSA) is 989 Å². The van der Waals surface area contributed by atoms with Crippen LogP contribution in [-0.2, 0) is 126 Å². The summed E-state index contributed by atoms with van der Waals surface area (Å²) in [5.41, 5.74) is -5.20. The summed E-state index contributed by atoms with van der Waals surface area (Å²) in [6.07, 6.45) is -7.76. The Bertz CT molecular complexity index is 6570. The third-order valence-electron chi connectivity index (χ3n) is 13.7. The smallest absolute Gasteiger partial charge is 0.385 e. The third-order valence-corrected chi connectivity index (χ3v) is 29.8. The lowest BCUT2D eigenvalue weighted by Gasteiger charge is -2.24. The first-order valence-corrected chi connectivity index (χ1v) is 50.0. The maximum absolute atomic E-state index is 15.6. The van der Waals surface area contributed by atoms with Crippen LogP contribution in [0.1, 0.15) is 55.3 Å². The van der Waals surface area contributed by atoms with Gasteiger partial charge in [0, 0.05) is 24.8 Å². The summed E-state index contributed by atoms with van der Waals surface area (Å²) in [4.78, 5) is 197. The number of phosphoric ester groups is 4. The van der Waals surface area contributed by atoms with Gasteiger partial charge in [-0.25, -0.2) is 72.3 Å². The number of nitrogens with zero attached hydrogens (tertiary/aromatic N) is 4. The highest BCUT2D eigenvalue weighted by Crippen LogP contribution is 2.70. The van der Waals surface area contributed by atoms with E-state index in [2.05, 4.69) is 71.8 Å². The Morgan fingerprint density at radius 3 is 0.820 bits per heavy atom. The zero-order valence-corrected chi connectivity index (χ0v) is 73.9. The van der Waals surface area contributed by atoms with E-state index in [1.165, 1.54) is 0 Å². The highest BCUT2D eigenvalue weighted by molar-refractivity contribution is 7.72. The fraction of sp³-hybridized carbons (Fsp3) is 0.455. The summed E-state index contributed by atoms with van der Waals surface area (Å²) < 4.78 is 304. The second kappa shape index (κ2) is 42.0. The molecule has 4 aromatic rings. The molecule has 0 saturated carbocycles. The van der Waals surface area contributed by atoms with Crippen molar-refractivity contribution in [3.8, 4) is 49.4 Å². The average Bonchev–Trinajstić information content (AvgIpc) is 1.55. The van der Waals surface area contributed by atoms with Gasteiger partial charge >= 0.3 is 93.9 Å². The van der Waals surface area contributed by atoms with E-state index in [0.717, 1.165) is 23.2 Å². The highest BCUT2D eigenvalue weighted by Gasteiger charge is 2.62. The average molecular weight is 2170 g/mol. The van der Waals surface area contributed by atoms with Crippen molar-refractivity contribution < 1.29 is 271 Å². The molecule has 4 fully saturated rings. The maximum Gasteiger partial charge on any atom is 0.490 e. The number of terminal acetylenes is 4. The van der Waals surface area contributed by atoms with Crippen LogP contribution in [0.5, 0.6) is 0 Å². The van der Waals surface area contributed by atoms with Crippen LogP contribution in [0, 0.1) is 68.5 Å². The predicted molar refractivity (Wildman–Crippen MR) is 398 cm³/mol. The summed E-state index contributed by atoms with van der Waals surface area (Å²) >= 11 is 19.2. The Morgan fingerprint density at radius 1 is 0.352 bits per heavy atom. The van der Waals surface area contributed by atoms with Crippen LogP contribution >= 0.6 is 143 Å². The van der Waals surface area contributed by atoms with Gasteiger partial charge in [-0.1, -0.05) is 23.7 Å². The zero-order chi connectivity index (χ0) is 104. The molecule has 8 unspecified atom stereocenters. The number of halogens is 4. The molecule has 0 aromatic carbocycles. The second-order valence-electron chi connectivity index (χ2n) is 23.0. The number of rotatable bonds is 32. The Balaban J connectivity index is 0.000000316. The minimum Gasteiger partial charge on any atom is -0.385 e. The second-order valence-corrected chi connectivity index (χ2v) is 42.1. The number of hydrogen-bond acceptors (Lipinski definition) is 44. The van der Waals surface area contributed by atoms with Crippen LogP contribution < -0.4 is 22.2 Å². The van der Waals surface area contributed by atoms with Crippen LogP contribution in [0.3, 0.4) is 0 Å². The molecule has 0 aliphatic carbocycles. The van der Waals surface area contributed by atoms with Crippen molar-refractivity contribution in [1.82, 2.24) is 38.2 Å². The number of H-pyrrole nitrogens is 4. The lowest BCUT2D eigenvalue weighted by molar-refractivity contribution is -0.204. The Hall–Kier alpha value is -4.48. The summed E-state index contributed by atoms with van der Waals surface area (Å²) in [5, 5.41) is 80.9. The van der Waals surface area contributed by atoms with Crippen LogP contribution in [-0.4, -0.2) is 256 Å². The maximum atomic E-state index is 15.6. The number of alkyl halides is 4. The van der Waals surface area contributed by atoms with E-state index in [1.807, 2.05) is 38.6 Å². The molecule has 64 nitrogen and oxygen atoms in total. The molecule has 0 spiro atoms. The molecule has 0 amide bonds. The van der Waals surface area contributed by atoms with Gasteiger partial charge in [0.2, 0.25) is 0 Å². The van der Waals surface area contributed by atoms with Crippen LogP contribution in [0.25, 0.3) is 0 Å². The molecule has 4 aromatic heterocycles. The monoisotopic (exact) mass is 2170 g/mol. The molecule has 24 atom stereocenters. The molecule has 4 aliphatic rings. The van der Waals surface area contributed by atoms with E-state index in [-0.39, 0.29) is 5.56 Å². The first kappa shape index (κ1) is 104. The van der Waals surface area contributed by atoms with Gasteiger partial charge in [0.05, 0.1) is 8.22 Å². The number of aliphatic hydroxyl groups excluding tert-OH is 8. The SMILES string of the molecule is C#Cc1cn([C@@H]2O[C@](F)(COP(=O)(O)OP(=O)(O)OP(=O)(O)O)[C@@H](O)[C@H]2O)c(=S)[nH]c1=O.[2H]C([2H])(OP(=O)(O)OP(=O)(O)OP(=O)(O)O)[C@@]1(F)O[C@@H](n2cc(C#C)c(=O)[nH]c2=S)[C@H](O)[C@@H]1O.[2H]C([2H])(OP(=O)(O)OP(=O)(O)OP(=O)(O)O)[C@@]1(F)O[C@@]([2H])(n2cc(C#C)c(=O)[nH]c2=S)[C@H](O)[C@@H]1O.[2H][C@@]1(n2cc(C#C)c(=O)[nH]c2=S)O[C@](F)(COP(=O)(O)OP(=O)(O)OP(=O)(O)O)[C@@H](O)[C@H]1O. The van der Waals surface area contributed by atoms with E-state index in [9.17, 15) is 134 Å². The van der Waals surface area contributed by atoms with Crippen molar-refractivity contribution in [1.29, 1.82) is 0 Å². The number of nitrogens with one attached hydrogen (secondary N) is 4. The first-order valence-electron chi connectivity index (χ1n) is 33.3. The molecule has 84 heteroatoms. The standard InChI is InChI=1S/4C11H14FN2O14P3S/c4*1-2-5-3-14(10(32)13-8(5)17)9-6(15)7(16)11(12,26-9)4-25-30(21,22)28-31(23,24)27-29(18,19)20/h4*1,3,6-7,9,15-16H,4H2,(H,21,22)(H,23,24)(H,13,17,32)(H2,18,19,20)/t4*6-,7+,9-,11-/m1111/s1/i4D2,9D;9D;4D2;. The summed E-state index contributed by atoms with van der Waals surface area (Å²) in [6, 6.07) is 0. The van der Waals surface area contributed by atoms with Gasteiger partial charge in [0.1, 0.15) is 97.4 Å². The quantitative estimate of drug-likeness (QED) is 0.00980.